The maximum absolute atomic E-state index is 14.0. The standard InChI is InChI=1S/C31H40N4O6/c1-31(2)30(38)34(14-7-15-39-3)26-17-24(12-13-27(26)41-31)35(23-10-11-23)29(37)21-16-22(19-32-18-21)33-28(36)20-40-25-8-5-4-6-9-25/h4-6,8-9,12-13,17,21-23,32H,7,10-11,14-16,18-20H2,1-3H3,(H,33,36)/t21-,22+/m1/s1. The zero-order chi connectivity index (χ0) is 29.0. The molecular formula is C31H40N4O6. The third-order valence-electron chi connectivity index (χ3n) is 7.69. The van der Waals surface area contributed by atoms with Crippen molar-refractivity contribution in [3.05, 3.63) is 48.5 Å². The van der Waals surface area contributed by atoms with Gasteiger partial charge in [0.15, 0.2) is 12.2 Å². The number of ether oxygens (including phenoxy) is 3. The number of para-hydroxylation sites is 1. The second kappa shape index (κ2) is 12.5. The van der Waals surface area contributed by atoms with Crippen LogP contribution in [0, 0.1) is 5.92 Å². The number of anilines is 2. The maximum Gasteiger partial charge on any atom is 0.270 e. The number of rotatable bonds is 11. The minimum Gasteiger partial charge on any atom is -0.484 e. The minimum absolute atomic E-state index is 0.0220. The number of hydrogen-bond acceptors (Lipinski definition) is 7. The van der Waals surface area contributed by atoms with Gasteiger partial charge in [-0.25, -0.2) is 0 Å². The average molecular weight is 565 g/mol. The van der Waals surface area contributed by atoms with E-state index in [-0.39, 0.29) is 42.3 Å². The molecule has 10 nitrogen and oxygen atoms in total. The predicted octanol–water partition coefficient (Wildman–Crippen LogP) is 2.90. The predicted molar refractivity (Wildman–Crippen MR) is 155 cm³/mol. The van der Waals surface area contributed by atoms with Gasteiger partial charge in [-0.15, -0.1) is 0 Å². The van der Waals surface area contributed by atoms with Gasteiger partial charge in [0.05, 0.1) is 11.6 Å². The van der Waals surface area contributed by atoms with Gasteiger partial charge >= 0.3 is 0 Å². The fourth-order valence-corrected chi connectivity index (χ4v) is 5.52. The molecule has 41 heavy (non-hydrogen) atoms. The molecule has 0 aromatic heterocycles. The molecule has 2 aliphatic heterocycles. The van der Waals surface area contributed by atoms with Crippen LogP contribution in [0.2, 0.25) is 0 Å². The second-order valence-corrected chi connectivity index (χ2v) is 11.5. The van der Waals surface area contributed by atoms with Gasteiger partial charge in [-0.3, -0.25) is 14.4 Å². The molecule has 3 amide bonds. The first-order chi connectivity index (χ1) is 19.8. The van der Waals surface area contributed by atoms with Crippen molar-refractivity contribution >= 4 is 29.1 Å². The highest BCUT2D eigenvalue weighted by Gasteiger charge is 2.43. The molecule has 2 aromatic carbocycles. The summed E-state index contributed by atoms with van der Waals surface area (Å²) in [6.07, 6.45) is 3.08. The van der Waals surface area contributed by atoms with E-state index in [0.29, 0.717) is 56.3 Å². The summed E-state index contributed by atoms with van der Waals surface area (Å²) in [6, 6.07) is 14.8. The molecule has 220 valence electrons. The van der Waals surface area contributed by atoms with E-state index in [1.54, 1.807) is 38.0 Å². The van der Waals surface area contributed by atoms with E-state index >= 15 is 0 Å². The topological polar surface area (TPSA) is 109 Å². The summed E-state index contributed by atoms with van der Waals surface area (Å²) in [5.41, 5.74) is 0.450. The van der Waals surface area contributed by atoms with Crippen LogP contribution >= 0.6 is 0 Å². The normalized spacial score (nSPS) is 21.4. The number of amides is 3. The van der Waals surface area contributed by atoms with Crippen molar-refractivity contribution < 1.29 is 28.6 Å². The number of nitrogens with zero attached hydrogens (tertiary/aromatic N) is 2. The molecular weight excluding hydrogens is 524 g/mol. The molecule has 5 rings (SSSR count). The molecule has 2 heterocycles. The van der Waals surface area contributed by atoms with Crippen LogP contribution in [0.15, 0.2) is 48.5 Å². The van der Waals surface area contributed by atoms with Gasteiger partial charge < -0.3 is 34.6 Å². The summed E-state index contributed by atoms with van der Waals surface area (Å²) in [4.78, 5) is 43.5. The van der Waals surface area contributed by atoms with E-state index in [1.165, 1.54) is 0 Å². The number of benzene rings is 2. The highest BCUT2D eigenvalue weighted by Crippen LogP contribution is 2.42. The number of nitrogens with one attached hydrogen (secondary N) is 2. The molecule has 0 radical (unpaired) electrons. The van der Waals surface area contributed by atoms with E-state index in [4.69, 9.17) is 14.2 Å². The van der Waals surface area contributed by atoms with Crippen molar-refractivity contribution in [1.82, 2.24) is 10.6 Å². The Balaban J connectivity index is 1.28. The van der Waals surface area contributed by atoms with Gasteiger partial charge in [0.2, 0.25) is 5.91 Å². The molecule has 1 saturated carbocycles. The summed E-state index contributed by atoms with van der Waals surface area (Å²) in [5.74, 6) is 0.649. The van der Waals surface area contributed by atoms with Crippen LogP contribution in [0.4, 0.5) is 11.4 Å². The monoisotopic (exact) mass is 564 g/mol. The van der Waals surface area contributed by atoms with Gasteiger partial charge in [-0.1, -0.05) is 18.2 Å². The molecule has 0 bridgehead atoms. The van der Waals surface area contributed by atoms with Crippen LogP contribution in [0.3, 0.4) is 0 Å². The Morgan fingerprint density at radius 2 is 1.93 bits per heavy atom. The molecule has 1 saturated heterocycles. The average Bonchev–Trinajstić information content (AvgIpc) is 3.80. The number of fused-ring (bicyclic) bond motifs is 1. The lowest BCUT2D eigenvalue weighted by Crippen LogP contribution is -2.54. The summed E-state index contributed by atoms with van der Waals surface area (Å²) in [6.45, 7) is 5.63. The molecule has 10 heteroatoms. The Morgan fingerprint density at radius 1 is 1.15 bits per heavy atom. The van der Waals surface area contributed by atoms with Gasteiger partial charge in [0, 0.05) is 51.1 Å². The van der Waals surface area contributed by atoms with Gasteiger partial charge in [0.1, 0.15) is 11.5 Å². The van der Waals surface area contributed by atoms with Gasteiger partial charge in [0.25, 0.3) is 11.8 Å². The van der Waals surface area contributed by atoms with Crippen LogP contribution in [0.5, 0.6) is 11.5 Å². The fraction of sp³-hybridized carbons (Fsp3) is 0.516. The summed E-state index contributed by atoms with van der Waals surface area (Å²) < 4.78 is 16.9. The number of hydrogen-bond donors (Lipinski definition) is 2. The Bertz CT molecular complexity index is 1250. The van der Waals surface area contributed by atoms with E-state index in [2.05, 4.69) is 10.6 Å². The van der Waals surface area contributed by atoms with E-state index in [1.807, 2.05) is 41.3 Å². The Labute approximate surface area is 241 Å². The first-order valence-corrected chi connectivity index (χ1v) is 14.4. The van der Waals surface area contributed by atoms with Crippen molar-refractivity contribution in [2.45, 2.75) is 57.2 Å². The SMILES string of the molecule is COCCCN1C(=O)C(C)(C)Oc2ccc(N(C(=O)[C@H]3CNC[C@@H](NC(=O)COc4ccccc4)C3)C3CC3)cc21. The number of carbonyl (C=O) groups excluding carboxylic acids is 3. The summed E-state index contributed by atoms with van der Waals surface area (Å²) in [5, 5.41) is 6.34. The minimum atomic E-state index is -0.979. The smallest absolute Gasteiger partial charge is 0.270 e. The van der Waals surface area contributed by atoms with Crippen molar-refractivity contribution in [2.24, 2.45) is 5.92 Å². The molecule has 1 aliphatic carbocycles. The lowest BCUT2D eigenvalue weighted by Gasteiger charge is -2.40. The Kier molecular flexibility index (Phi) is 8.79. The molecule has 2 fully saturated rings. The lowest BCUT2D eigenvalue weighted by atomic mass is 9.93. The molecule has 2 aromatic rings. The van der Waals surface area contributed by atoms with Crippen LogP contribution in [-0.2, 0) is 19.1 Å². The zero-order valence-electron chi connectivity index (χ0n) is 24.1. The number of methoxy groups -OCH3 is 1. The van der Waals surface area contributed by atoms with Crippen LogP contribution < -0.4 is 29.9 Å². The fourth-order valence-electron chi connectivity index (χ4n) is 5.52. The molecule has 0 unspecified atom stereocenters. The molecule has 2 atom stereocenters. The molecule has 3 aliphatic rings. The van der Waals surface area contributed by atoms with Crippen LogP contribution in [-0.4, -0.2) is 75.4 Å². The quantitative estimate of drug-likeness (QED) is 0.404. The van der Waals surface area contributed by atoms with Crippen molar-refractivity contribution in [2.75, 3.05) is 49.8 Å². The van der Waals surface area contributed by atoms with Gasteiger partial charge in [-0.05, 0) is 69.9 Å². The van der Waals surface area contributed by atoms with Gasteiger partial charge in [-0.2, -0.15) is 0 Å². The summed E-state index contributed by atoms with van der Waals surface area (Å²) >= 11 is 0. The van der Waals surface area contributed by atoms with Crippen molar-refractivity contribution in [3.63, 3.8) is 0 Å². The lowest BCUT2D eigenvalue weighted by molar-refractivity contribution is -0.132. The highest BCUT2D eigenvalue weighted by molar-refractivity contribution is 6.04. The first-order valence-electron chi connectivity index (χ1n) is 14.4. The molecule has 0 spiro atoms. The third-order valence-corrected chi connectivity index (χ3v) is 7.69. The van der Waals surface area contributed by atoms with E-state index in [9.17, 15) is 14.4 Å². The van der Waals surface area contributed by atoms with E-state index < -0.39 is 5.60 Å². The van der Waals surface area contributed by atoms with Crippen molar-refractivity contribution in [1.29, 1.82) is 0 Å². The second-order valence-electron chi connectivity index (χ2n) is 11.5. The first kappa shape index (κ1) is 28.9. The number of carbonyl (C=O) groups is 3. The number of piperidine rings is 1. The highest BCUT2D eigenvalue weighted by atomic mass is 16.5. The van der Waals surface area contributed by atoms with E-state index in [0.717, 1.165) is 18.5 Å². The third kappa shape index (κ3) is 6.82. The summed E-state index contributed by atoms with van der Waals surface area (Å²) in [7, 11) is 1.64. The maximum atomic E-state index is 14.0. The zero-order valence-corrected chi connectivity index (χ0v) is 24.1. The van der Waals surface area contributed by atoms with Crippen LogP contribution in [0.1, 0.15) is 39.5 Å². The van der Waals surface area contributed by atoms with Crippen molar-refractivity contribution in [3.8, 4) is 11.5 Å². The largest absolute Gasteiger partial charge is 0.484 e. The van der Waals surface area contributed by atoms with Crippen LogP contribution in [0.25, 0.3) is 0 Å². The Morgan fingerprint density at radius 3 is 2.66 bits per heavy atom. The molecule has 2 N–H and O–H groups in total. The Hall–Kier alpha value is -3.63.